The second-order valence-corrected chi connectivity index (χ2v) is 8.09. The van der Waals surface area contributed by atoms with Crippen LogP contribution in [0.2, 0.25) is 0 Å². The molecule has 1 fully saturated rings. The predicted octanol–water partition coefficient (Wildman–Crippen LogP) is 1.64. The molecule has 1 amide bonds. The minimum absolute atomic E-state index is 0.0390. The maximum absolute atomic E-state index is 12.5. The van der Waals surface area contributed by atoms with Crippen molar-refractivity contribution in [3.8, 4) is 0 Å². The Bertz CT molecular complexity index is 535. The number of nitrogens with zero attached hydrogens (tertiary/aromatic N) is 4. The number of aromatic nitrogens is 2. The Labute approximate surface area is 145 Å². The Morgan fingerprint density at radius 3 is 2.67 bits per heavy atom. The molecule has 24 heavy (non-hydrogen) atoms. The van der Waals surface area contributed by atoms with Crippen LogP contribution in [0.15, 0.2) is 12.4 Å². The Balaban J connectivity index is 1.81. The van der Waals surface area contributed by atoms with E-state index >= 15 is 0 Å². The summed E-state index contributed by atoms with van der Waals surface area (Å²) in [6, 6.07) is 0. The Morgan fingerprint density at radius 2 is 2.04 bits per heavy atom. The van der Waals surface area contributed by atoms with Crippen molar-refractivity contribution in [3.05, 3.63) is 18.2 Å². The van der Waals surface area contributed by atoms with E-state index in [0.29, 0.717) is 6.42 Å². The fourth-order valence-corrected chi connectivity index (χ4v) is 3.24. The molecule has 1 unspecified atom stereocenters. The van der Waals surface area contributed by atoms with E-state index in [0.717, 1.165) is 45.0 Å². The minimum atomic E-state index is -0.551. The number of aryl methyl sites for hydroxylation is 1. The van der Waals surface area contributed by atoms with Gasteiger partial charge in [-0.3, -0.25) is 9.69 Å². The van der Waals surface area contributed by atoms with Gasteiger partial charge in [0, 0.05) is 45.6 Å². The number of imidazole rings is 1. The van der Waals surface area contributed by atoms with Gasteiger partial charge in [0.1, 0.15) is 5.82 Å². The van der Waals surface area contributed by atoms with Gasteiger partial charge < -0.3 is 14.6 Å². The van der Waals surface area contributed by atoms with Crippen molar-refractivity contribution in [2.45, 2.75) is 52.7 Å². The van der Waals surface area contributed by atoms with Gasteiger partial charge in [-0.25, -0.2) is 4.98 Å². The van der Waals surface area contributed by atoms with Crippen LogP contribution in [-0.4, -0.2) is 62.6 Å². The molecule has 1 saturated heterocycles. The lowest BCUT2D eigenvalue weighted by molar-refractivity contribution is -0.133. The Kier molecular flexibility index (Phi) is 6.40. The molecule has 1 aliphatic rings. The quantitative estimate of drug-likeness (QED) is 0.888. The van der Waals surface area contributed by atoms with E-state index in [4.69, 9.17) is 0 Å². The second-order valence-electron chi connectivity index (χ2n) is 8.09. The summed E-state index contributed by atoms with van der Waals surface area (Å²) in [4.78, 5) is 21.1. The van der Waals surface area contributed by atoms with Gasteiger partial charge in [-0.1, -0.05) is 20.8 Å². The highest BCUT2D eigenvalue weighted by Crippen LogP contribution is 2.22. The highest BCUT2D eigenvalue weighted by molar-refractivity contribution is 5.76. The standard InChI is InChI=1S/C18H32N4O2/c1-18(2,3)13-15(23)12-17(24)22-8-5-7-21(10-11-22)14-16-19-6-9-20(16)4/h6,9,15,23H,5,7-8,10-14H2,1-4H3. The molecule has 136 valence electrons. The summed E-state index contributed by atoms with van der Waals surface area (Å²) in [6.45, 7) is 10.4. The molecule has 0 spiro atoms. The van der Waals surface area contributed by atoms with Crippen molar-refractivity contribution in [3.63, 3.8) is 0 Å². The van der Waals surface area contributed by atoms with Crippen molar-refractivity contribution >= 4 is 5.91 Å². The number of carbonyl (C=O) groups is 1. The molecule has 0 aromatic carbocycles. The number of rotatable bonds is 5. The van der Waals surface area contributed by atoms with Gasteiger partial charge in [0.05, 0.1) is 19.1 Å². The summed E-state index contributed by atoms with van der Waals surface area (Å²) in [5.74, 6) is 1.13. The van der Waals surface area contributed by atoms with Gasteiger partial charge in [0.2, 0.25) is 5.91 Å². The third-order valence-electron chi connectivity index (χ3n) is 4.49. The maximum atomic E-state index is 12.5. The fourth-order valence-electron chi connectivity index (χ4n) is 3.24. The normalized spacial score (nSPS) is 18.5. The molecule has 0 aliphatic carbocycles. The number of hydrogen-bond donors (Lipinski definition) is 1. The van der Waals surface area contributed by atoms with E-state index in [1.807, 2.05) is 28.9 Å². The molecule has 2 rings (SSSR count). The molecule has 1 N–H and O–H groups in total. The van der Waals surface area contributed by atoms with E-state index in [-0.39, 0.29) is 17.7 Å². The lowest BCUT2D eigenvalue weighted by Gasteiger charge is -2.25. The van der Waals surface area contributed by atoms with Gasteiger partial charge in [0.25, 0.3) is 0 Å². The third kappa shape index (κ3) is 5.91. The van der Waals surface area contributed by atoms with Gasteiger partial charge >= 0.3 is 0 Å². The number of carbonyl (C=O) groups excluding carboxylic acids is 1. The van der Waals surface area contributed by atoms with Gasteiger partial charge in [-0.15, -0.1) is 0 Å². The monoisotopic (exact) mass is 336 g/mol. The number of amides is 1. The predicted molar refractivity (Wildman–Crippen MR) is 94.4 cm³/mol. The molecular weight excluding hydrogens is 304 g/mol. The van der Waals surface area contributed by atoms with Gasteiger partial charge in [-0.2, -0.15) is 0 Å². The molecule has 1 aliphatic heterocycles. The minimum Gasteiger partial charge on any atom is -0.393 e. The zero-order chi connectivity index (χ0) is 17.7. The van der Waals surface area contributed by atoms with Crippen LogP contribution in [0.3, 0.4) is 0 Å². The third-order valence-corrected chi connectivity index (χ3v) is 4.49. The van der Waals surface area contributed by atoms with Crippen LogP contribution in [0, 0.1) is 5.41 Å². The number of aliphatic hydroxyl groups is 1. The summed E-state index contributed by atoms with van der Waals surface area (Å²) in [5.41, 5.74) is 0.0390. The molecule has 6 heteroatoms. The number of aliphatic hydroxyl groups excluding tert-OH is 1. The summed E-state index contributed by atoms with van der Waals surface area (Å²) in [5, 5.41) is 10.1. The lowest BCUT2D eigenvalue weighted by Crippen LogP contribution is -2.37. The maximum Gasteiger partial charge on any atom is 0.225 e. The zero-order valence-electron chi connectivity index (χ0n) is 15.5. The first-order chi connectivity index (χ1) is 11.2. The number of hydrogen-bond acceptors (Lipinski definition) is 4. The van der Waals surface area contributed by atoms with Crippen LogP contribution >= 0.6 is 0 Å². The summed E-state index contributed by atoms with van der Waals surface area (Å²) >= 11 is 0. The van der Waals surface area contributed by atoms with E-state index in [1.54, 1.807) is 0 Å². The van der Waals surface area contributed by atoms with Crippen LogP contribution in [0.1, 0.15) is 45.9 Å². The first kappa shape index (κ1) is 18.9. The van der Waals surface area contributed by atoms with Crippen molar-refractivity contribution in [2.24, 2.45) is 12.5 Å². The molecular formula is C18H32N4O2. The molecule has 1 aromatic heterocycles. The highest BCUT2D eigenvalue weighted by Gasteiger charge is 2.24. The zero-order valence-corrected chi connectivity index (χ0v) is 15.5. The van der Waals surface area contributed by atoms with Crippen molar-refractivity contribution < 1.29 is 9.90 Å². The molecule has 0 bridgehead atoms. The lowest BCUT2D eigenvalue weighted by atomic mass is 9.88. The molecule has 2 heterocycles. The van der Waals surface area contributed by atoms with Crippen LogP contribution in [0.25, 0.3) is 0 Å². The smallest absolute Gasteiger partial charge is 0.225 e. The topological polar surface area (TPSA) is 61.6 Å². The average molecular weight is 336 g/mol. The first-order valence-electron chi connectivity index (χ1n) is 8.89. The van der Waals surface area contributed by atoms with Crippen LogP contribution in [0.4, 0.5) is 0 Å². The summed E-state index contributed by atoms with van der Waals surface area (Å²) in [6.07, 6.45) is 5.07. The van der Waals surface area contributed by atoms with E-state index in [1.165, 1.54) is 0 Å². The van der Waals surface area contributed by atoms with E-state index < -0.39 is 6.10 Å². The molecule has 6 nitrogen and oxygen atoms in total. The van der Waals surface area contributed by atoms with E-state index in [2.05, 4.69) is 30.7 Å². The SMILES string of the molecule is Cn1ccnc1CN1CCCN(C(=O)CC(O)CC(C)(C)C)CC1. The largest absolute Gasteiger partial charge is 0.393 e. The van der Waals surface area contributed by atoms with Crippen LogP contribution < -0.4 is 0 Å². The first-order valence-corrected chi connectivity index (χ1v) is 8.89. The van der Waals surface area contributed by atoms with Gasteiger partial charge in [0.15, 0.2) is 0 Å². The van der Waals surface area contributed by atoms with Crippen LogP contribution in [0.5, 0.6) is 0 Å². The Morgan fingerprint density at radius 1 is 1.29 bits per heavy atom. The summed E-state index contributed by atoms with van der Waals surface area (Å²) in [7, 11) is 2.01. The average Bonchev–Trinajstić information content (AvgIpc) is 2.71. The van der Waals surface area contributed by atoms with Gasteiger partial charge in [-0.05, 0) is 18.3 Å². The molecule has 0 radical (unpaired) electrons. The Hall–Kier alpha value is -1.40. The second kappa shape index (κ2) is 8.12. The van der Waals surface area contributed by atoms with Crippen molar-refractivity contribution in [1.29, 1.82) is 0 Å². The fraction of sp³-hybridized carbons (Fsp3) is 0.778. The molecule has 1 aromatic rings. The van der Waals surface area contributed by atoms with Crippen molar-refractivity contribution in [1.82, 2.24) is 19.4 Å². The highest BCUT2D eigenvalue weighted by atomic mass is 16.3. The van der Waals surface area contributed by atoms with E-state index in [9.17, 15) is 9.90 Å². The molecule has 1 atom stereocenters. The molecule has 0 saturated carbocycles. The summed E-state index contributed by atoms with van der Waals surface area (Å²) < 4.78 is 2.04. The van der Waals surface area contributed by atoms with Crippen molar-refractivity contribution in [2.75, 3.05) is 26.2 Å². The van der Waals surface area contributed by atoms with Crippen LogP contribution in [-0.2, 0) is 18.4 Å².